The molecule has 0 aliphatic heterocycles. The number of rotatable bonds is 4. The number of nitrogens with two attached hydrogens (primary N) is 1. The second-order valence-electron chi connectivity index (χ2n) is 3.13. The van der Waals surface area contributed by atoms with E-state index < -0.39 is 18.0 Å². The highest BCUT2D eigenvalue weighted by molar-refractivity contribution is 5.67. The third-order valence-corrected chi connectivity index (χ3v) is 1.24. The van der Waals surface area contributed by atoms with Gasteiger partial charge in [-0.3, -0.25) is 0 Å². The molecule has 0 saturated heterocycles. The van der Waals surface area contributed by atoms with Crippen LogP contribution in [0.3, 0.4) is 0 Å². The van der Waals surface area contributed by atoms with Gasteiger partial charge < -0.3 is 26.0 Å². The number of hydrogen-bond acceptors (Lipinski definition) is 5. The Labute approximate surface area is 76.7 Å². The molecule has 6 nitrogen and oxygen atoms in total. The molecule has 0 aliphatic rings. The number of ether oxygens (including phenoxy) is 1. The topological polar surface area (TPSA) is 105 Å². The number of hydrogen-bond donors (Lipinski definition) is 4. The van der Waals surface area contributed by atoms with Gasteiger partial charge in [0.05, 0.1) is 0 Å². The van der Waals surface area contributed by atoms with Crippen LogP contribution in [-0.4, -0.2) is 41.3 Å². The van der Waals surface area contributed by atoms with E-state index in [2.05, 4.69) is 10.1 Å². The summed E-state index contributed by atoms with van der Waals surface area (Å²) in [5.74, 6) is 0. The predicted octanol–water partition coefficient (Wildman–Crippen LogP) is -1.24. The van der Waals surface area contributed by atoms with Gasteiger partial charge in [-0.2, -0.15) is 0 Å². The molecule has 0 saturated carbocycles. The Hall–Kier alpha value is -0.850. The first-order valence-electron chi connectivity index (χ1n) is 3.93. The number of nitrogens with one attached hydrogen (secondary N) is 1. The van der Waals surface area contributed by atoms with Crippen LogP contribution in [-0.2, 0) is 4.74 Å². The first-order chi connectivity index (χ1) is 5.88. The van der Waals surface area contributed by atoms with Crippen LogP contribution < -0.4 is 11.1 Å². The number of aliphatic hydroxyl groups excluding tert-OH is 1. The molecule has 0 aromatic carbocycles. The maximum Gasteiger partial charge on any atom is 0.409 e. The average molecular weight is 192 g/mol. The molecule has 0 radical (unpaired) electrons. The summed E-state index contributed by atoms with van der Waals surface area (Å²) in [6, 6.07) is 0. The lowest BCUT2D eigenvalue weighted by Crippen LogP contribution is -2.42. The molecule has 0 fully saturated rings. The van der Waals surface area contributed by atoms with E-state index in [4.69, 9.17) is 10.8 Å². The molecular weight excluding hydrogens is 176 g/mol. The molecule has 1 unspecified atom stereocenters. The number of amides is 1. The fourth-order valence-corrected chi connectivity index (χ4v) is 0.461. The van der Waals surface area contributed by atoms with Crippen molar-refractivity contribution in [2.24, 2.45) is 5.73 Å². The van der Waals surface area contributed by atoms with Gasteiger partial charge in [0.2, 0.25) is 6.29 Å². The van der Waals surface area contributed by atoms with Gasteiger partial charge in [0.1, 0.15) is 5.60 Å². The Bertz CT molecular complexity index is 166. The maximum absolute atomic E-state index is 10.8. The lowest BCUT2D eigenvalue weighted by molar-refractivity contribution is -0.167. The SMILES string of the molecule is CC(C)(O)C(O)OC(=O)NCCN. The zero-order valence-corrected chi connectivity index (χ0v) is 7.78. The van der Waals surface area contributed by atoms with Crippen molar-refractivity contribution in [2.75, 3.05) is 13.1 Å². The Balaban J connectivity index is 3.79. The van der Waals surface area contributed by atoms with Gasteiger partial charge in [-0.1, -0.05) is 0 Å². The summed E-state index contributed by atoms with van der Waals surface area (Å²) in [5, 5.41) is 20.5. The summed E-state index contributed by atoms with van der Waals surface area (Å²) >= 11 is 0. The van der Waals surface area contributed by atoms with E-state index in [1.807, 2.05) is 0 Å². The molecule has 1 amide bonds. The van der Waals surface area contributed by atoms with Crippen LogP contribution in [0, 0.1) is 0 Å². The highest BCUT2D eigenvalue weighted by Gasteiger charge is 2.27. The van der Waals surface area contributed by atoms with E-state index in [9.17, 15) is 9.90 Å². The summed E-state index contributed by atoms with van der Waals surface area (Å²) in [7, 11) is 0. The molecule has 6 heteroatoms. The molecule has 0 aliphatic carbocycles. The van der Waals surface area contributed by atoms with Gasteiger partial charge in [-0.05, 0) is 13.8 Å². The van der Waals surface area contributed by atoms with Crippen LogP contribution in [0.25, 0.3) is 0 Å². The van der Waals surface area contributed by atoms with Crippen LogP contribution >= 0.6 is 0 Å². The summed E-state index contributed by atoms with van der Waals surface area (Å²) in [5.41, 5.74) is 3.64. The van der Waals surface area contributed by atoms with E-state index in [0.717, 1.165) is 0 Å². The van der Waals surface area contributed by atoms with Gasteiger partial charge in [0.25, 0.3) is 0 Å². The Morgan fingerprint density at radius 1 is 1.69 bits per heavy atom. The molecule has 78 valence electrons. The first-order valence-corrected chi connectivity index (χ1v) is 3.93. The predicted molar refractivity (Wildman–Crippen MR) is 45.8 cm³/mol. The normalized spacial score (nSPS) is 13.6. The summed E-state index contributed by atoms with van der Waals surface area (Å²) < 4.78 is 4.42. The van der Waals surface area contributed by atoms with Gasteiger partial charge >= 0.3 is 6.09 Å². The minimum atomic E-state index is -1.55. The monoisotopic (exact) mass is 192 g/mol. The van der Waals surface area contributed by atoms with E-state index in [1.165, 1.54) is 13.8 Å². The second-order valence-corrected chi connectivity index (χ2v) is 3.13. The molecule has 0 rings (SSSR count). The fraction of sp³-hybridized carbons (Fsp3) is 0.857. The third-order valence-electron chi connectivity index (χ3n) is 1.24. The van der Waals surface area contributed by atoms with E-state index in [0.29, 0.717) is 0 Å². The number of carbonyl (C=O) groups is 1. The molecule has 0 aromatic heterocycles. The van der Waals surface area contributed by atoms with Gasteiger partial charge in [-0.15, -0.1) is 0 Å². The standard InChI is InChI=1S/C7H16N2O4/c1-7(2,12)5(10)13-6(11)9-4-3-8/h5,10,12H,3-4,8H2,1-2H3,(H,9,11). The lowest BCUT2D eigenvalue weighted by Gasteiger charge is -2.23. The van der Waals surface area contributed by atoms with E-state index >= 15 is 0 Å². The van der Waals surface area contributed by atoms with Crippen molar-refractivity contribution in [3.63, 3.8) is 0 Å². The van der Waals surface area contributed by atoms with Gasteiger partial charge in [0.15, 0.2) is 0 Å². The van der Waals surface area contributed by atoms with Crippen molar-refractivity contribution < 1.29 is 19.7 Å². The second kappa shape index (κ2) is 5.00. The summed E-state index contributed by atoms with van der Waals surface area (Å²) in [4.78, 5) is 10.8. The minimum Gasteiger partial charge on any atom is -0.417 e. The van der Waals surface area contributed by atoms with E-state index in [-0.39, 0.29) is 13.1 Å². The quantitative estimate of drug-likeness (QED) is 0.417. The zero-order chi connectivity index (χ0) is 10.5. The Morgan fingerprint density at radius 3 is 2.62 bits per heavy atom. The minimum absolute atomic E-state index is 0.261. The van der Waals surface area contributed by atoms with E-state index in [1.54, 1.807) is 0 Å². The largest absolute Gasteiger partial charge is 0.417 e. The van der Waals surface area contributed by atoms with Crippen molar-refractivity contribution in [3.05, 3.63) is 0 Å². The molecular formula is C7H16N2O4. The highest BCUT2D eigenvalue weighted by atomic mass is 16.7. The molecule has 0 spiro atoms. The lowest BCUT2D eigenvalue weighted by atomic mass is 10.1. The Morgan fingerprint density at radius 2 is 2.23 bits per heavy atom. The van der Waals surface area contributed by atoms with Crippen LogP contribution in [0.2, 0.25) is 0 Å². The molecule has 0 bridgehead atoms. The van der Waals surface area contributed by atoms with Crippen LogP contribution in [0.5, 0.6) is 0 Å². The molecule has 1 atom stereocenters. The third kappa shape index (κ3) is 5.40. The highest BCUT2D eigenvalue weighted by Crippen LogP contribution is 2.08. The molecule has 13 heavy (non-hydrogen) atoms. The van der Waals surface area contributed by atoms with Crippen molar-refractivity contribution >= 4 is 6.09 Å². The van der Waals surface area contributed by atoms with Crippen LogP contribution in [0.15, 0.2) is 0 Å². The number of aliphatic hydroxyl groups is 2. The van der Waals surface area contributed by atoms with Crippen molar-refractivity contribution in [2.45, 2.75) is 25.7 Å². The van der Waals surface area contributed by atoms with Crippen molar-refractivity contribution in [1.82, 2.24) is 5.32 Å². The zero-order valence-electron chi connectivity index (χ0n) is 7.78. The Kier molecular flexibility index (Phi) is 4.68. The summed E-state index contributed by atoms with van der Waals surface area (Å²) in [6.45, 7) is 3.20. The van der Waals surface area contributed by atoms with Crippen LogP contribution in [0.1, 0.15) is 13.8 Å². The van der Waals surface area contributed by atoms with Gasteiger partial charge in [-0.25, -0.2) is 4.79 Å². The average Bonchev–Trinajstić information content (AvgIpc) is 1.99. The van der Waals surface area contributed by atoms with Gasteiger partial charge in [0, 0.05) is 13.1 Å². The van der Waals surface area contributed by atoms with Crippen molar-refractivity contribution in [1.29, 1.82) is 0 Å². The van der Waals surface area contributed by atoms with Crippen LogP contribution in [0.4, 0.5) is 4.79 Å². The summed E-state index contributed by atoms with van der Waals surface area (Å²) in [6.07, 6.45) is -2.36. The molecule has 0 heterocycles. The fourth-order valence-electron chi connectivity index (χ4n) is 0.461. The first kappa shape index (κ1) is 12.2. The molecule has 0 aromatic rings. The number of alkyl carbamates (subject to hydrolysis) is 1. The van der Waals surface area contributed by atoms with Crippen molar-refractivity contribution in [3.8, 4) is 0 Å². The number of carbonyl (C=O) groups excluding carboxylic acids is 1. The molecule has 5 N–H and O–H groups in total. The maximum atomic E-state index is 10.8. The smallest absolute Gasteiger partial charge is 0.409 e.